The van der Waals surface area contributed by atoms with Crippen molar-refractivity contribution < 1.29 is 4.39 Å². The van der Waals surface area contributed by atoms with Gasteiger partial charge < -0.3 is 4.98 Å². The van der Waals surface area contributed by atoms with Crippen LogP contribution in [0.3, 0.4) is 0 Å². The molecule has 0 saturated carbocycles. The molecule has 0 atom stereocenters. The summed E-state index contributed by atoms with van der Waals surface area (Å²) in [6.45, 7) is 6.74. The first-order valence-electron chi connectivity index (χ1n) is 9.19. The van der Waals surface area contributed by atoms with Gasteiger partial charge in [0.05, 0.1) is 5.69 Å². The van der Waals surface area contributed by atoms with E-state index in [4.69, 9.17) is 0 Å². The predicted molar refractivity (Wildman–Crippen MR) is 103 cm³/mol. The molecule has 0 spiro atoms. The van der Waals surface area contributed by atoms with Crippen molar-refractivity contribution in [2.45, 2.75) is 46.5 Å². The highest BCUT2D eigenvalue weighted by atomic mass is 19.1. The topological polar surface area (TPSA) is 41.6 Å². The first-order valence-corrected chi connectivity index (χ1v) is 9.19. The Hall–Kier alpha value is -2.49. The quantitative estimate of drug-likeness (QED) is 0.621. The van der Waals surface area contributed by atoms with Crippen LogP contribution in [0, 0.1) is 11.2 Å². The van der Waals surface area contributed by atoms with Gasteiger partial charge in [0.1, 0.15) is 11.6 Å². The van der Waals surface area contributed by atoms with Crippen LogP contribution in [0.5, 0.6) is 0 Å². The third-order valence-corrected chi connectivity index (χ3v) is 4.93. The summed E-state index contributed by atoms with van der Waals surface area (Å²) in [4.78, 5) is 12.1. The molecule has 3 nitrogen and oxygen atoms in total. The molecule has 2 heterocycles. The van der Waals surface area contributed by atoms with Gasteiger partial charge >= 0.3 is 0 Å². The number of aryl methyl sites for hydroxylation is 2. The van der Waals surface area contributed by atoms with Gasteiger partial charge in [-0.1, -0.05) is 39.3 Å². The van der Waals surface area contributed by atoms with E-state index in [-0.39, 0.29) is 11.2 Å². The highest BCUT2D eigenvalue weighted by Gasteiger charge is 2.17. The van der Waals surface area contributed by atoms with E-state index >= 15 is 0 Å². The fourth-order valence-electron chi connectivity index (χ4n) is 2.97. The van der Waals surface area contributed by atoms with Crippen LogP contribution in [-0.2, 0) is 19.3 Å². The number of benzene rings is 1. The number of hydrogen-bond donors (Lipinski definition) is 1. The summed E-state index contributed by atoms with van der Waals surface area (Å²) in [5.74, 6) is 0.729. The molecule has 1 aromatic carbocycles. The van der Waals surface area contributed by atoms with Crippen LogP contribution in [-0.4, -0.2) is 15.0 Å². The van der Waals surface area contributed by atoms with E-state index in [1.807, 2.05) is 36.5 Å². The second kappa shape index (κ2) is 7.81. The van der Waals surface area contributed by atoms with Gasteiger partial charge in [-0.15, -0.1) is 0 Å². The number of H-pyrrole nitrogens is 1. The van der Waals surface area contributed by atoms with Crippen LogP contribution in [0.15, 0.2) is 48.8 Å². The van der Waals surface area contributed by atoms with Gasteiger partial charge in [-0.2, -0.15) is 0 Å². The summed E-state index contributed by atoms with van der Waals surface area (Å²) < 4.78 is 14.4. The van der Waals surface area contributed by atoms with Crippen LogP contribution < -0.4 is 0 Å². The van der Waals surface area contributed by atoms with Crippen molar-refractivity contribution in [1.29, 1.82) is 0 Å². The van der Waals surface area contributed by atoms with E-state index in [2.05, 4.69) is 35.7 Å². The fraction of sp³-hybridized carbons (Fsp3) is 0.364. The molecular formula is C22H26FN3. The van der Waals surface area contributed by atoms with Crippen molar-refractivity contribution in [3.8, 4) is 11.3 Å². The second-order valence-electron chi connectivity index (χ2n) is 7.58. The van der Waals surface area contributed by atoms with Crippen LogP contribution in [0.1, 0.15) is 44.3 Å². The summed E-state index contributed by atoms with van der Waals surface area (Å²) >= 11 is 0. The lowest BCUT2D eigenvalue weighted by Crippen LogP contribution is -2.13. The van der Waals surface area contributed by atoms with E-state index in [9.17, 15) is 4.39 Å². The smallest absolute Gasteiger partial charge is 0.132 e. The molecule has 1 N–H and O–H groups in total. The highest BCUT2D eigenvalue weighted by Crippen LogP contribution is 2.25. The molecule has 0 amide bonds. The molecule has 26 heavy (non-hydrogen) atoms. The Balaban J connectivity index is 1.64. The highest BCUT2D eigenvalue weighted by molar-refractivity contribution is 5.60. The van der Waals surface area contributed by atoms with Crippen molar-refractivity contribution >= 4 is 0 Å². The Morgan fingerprint density at radius 1 is 1.08 bits per heavy atom. The van der Waals surface area contributed by atoms with Gasteiger partial charge in [-0.05, 0) is 48.1 Å². The maximum absolute atomic E-state index is 14.4. The average Bonchev–Trinajstić information content (AvgIpc) is 3.07. The molecule has 0 fully saturated rings. The molecule has 0 aliphatic heterocycles. The van der Waals surface area contributed by atoms with Crippen molar-refractivity contribution in [2.24, 2.45) is 5.41 Å². The Kier molecular flexibility index (Phi) is 5.50. The summed E-state index contributed by atoms with van der Waals surface area (Å²) in [6.07, 6.45) is 7.25. The van der Waals surface area contributed by atoms with Crippen LogP contribution in [0.2, 0.25) is 0 Å². The normalized spacial score (nSPS) is 11.7. The SMILES string of the molecule is CCC(C)(C)Cc1cnc(CCc2ccc(-c3ccccn3)c(F)c2)[nH]1. The van der Waals surface area contributed by atoms with E-state index < -0.39 is 0 Å². The number of rotatable bonds is 7. The summed E-state index contributed by atoms with van der Waals surface area (Å²) in [7, 11) is 0. The molecule has 3 aromatic rings. The van der Waals surface area contributed by atoms with Crippen molar-refractivity contribution in [3.05, 3.63) is 71.7 Å². The number of halogens is 1. The van der Waals surface area contributed by atoms with E-state index in [0.717, 1.165) is 37.1 Å². The molecule has 4 heteroatoms. The zero-order chi connectivity index (χ0) is 18.6. The summed E-state index contributed by atoms with van der Waals surface area (Å²) in [5, 5.41) is 0. The first-order chi connectivity index (χ1) is 12.5. The van der Waals surface area contributed by atoms with Gasteiger partial charge in [0.15, 0.2) is 0 Å². The number of hydrogen-bond acceptors (Lipinski definition) is 2. The van der Waals surface area contributed by atoms with Crippen LogP contribution in [0.4, 0.5) is 4.39 Å². The average molecular weight is 351 g/mol. The monoisotopic (exact) mass is 351 g/mol. The van der Waals surface area contributed by atoms with E-state index in [1.54, 1.807) is 12.3 Å². The zero-order valence-corrected chi connectivity index (χ0v) is 15.7. The van der Waals surface area contributed by atoms with Crippen molar-refractivity contribution in [3.63, 3.8) is 0 Å². The molecular weight excluding hydrogens is 325 g/mol. The number of pyridine rings is 1. The minimum atomic E-state index is -0.231. The lowest BCUT2D eigenvalue weighted by atomic mass is 9.85. The molecule has 0 aliphatic carbocycles. The molecule has 0 bridgehead atoms. The van der Waals surface area contributed by atoms with Gasteiger partial charge in [-0.25, -0.2) is 9.37 Å². The number of nitrogens with zero attached hydrogens (tertiary/aromatic N) is 2. The Bertz CT molecular complexity index is 853. The van der Waals surface area contributed by atoms with Gasteiger partial charge in [0.25, 0.3) is 0 Å². The molecule has 136 valence electrons. The molecule has 3 rings (SSSR count). The Morgan fingerprint density at radius 2 is 1.92 bits per heavy atom. The van der Waals surface area contributed by atoms with Gasteiger partial charge in [0.2, 0.25) is 0 Å². The molecule has 0 aliphatic rings. The number of aromatic amines is 1. The standard InChI is InChI=1S/C22H26FN3/c1-4-22(2,3)14-17-15-25-21(26-17)11-9-16-8-10-18(19(23)13-16)20-7-5-6-12-24-20/h5-8,10,12-13,15H,4,9,11,14H2,1-3H3,(H,25,26). The minimum absolute atomic E-state index is 0.231. The lowest BCUT2D eigenvalue weighted by Gasteiger charge is -2.21. The maximum atomic E-state index is 14.4. The van der Waals surface area contributed by atoms with Crippen LogP contribution in [0.25, 0.3) is 11.3 Å². The zero-order valence-electron chi connectivity index (χ0n) is 15.7. The third kappa shape index (κ3) is 4.57. The van der Waals surface area contributed by atoms with Gasteiger partial charge in [0, 0.05) is 30.1 Å². The largest absolute Gasteiger partial charge is 0.346 e. The lowest BCUT2D eigenvalue weighted by molar-refractivity contribution is 0.346. The first kappa shape index (κ1) is 18.3. The van der Waals surface area contributed by atoms with Crippen LogP contribution >= 0.6 is 0 Å². The summed E-state index contributed by atoms with van der Waals surface area (Å²) in [5.41, 5.74) is 3.61. The minimum Gasteiger partial charge on any atom is -0.346 e. The Labute approximate surface area is 154 Å². The molecule has 0 saturated heterocycles. The number of imidazole rings is 1. The fourth-order valence-corrected chi connectivity index (χ4v) is 2.97. The van der Waals surface area contributed by atoms with E-state index in [1.165, 1.54) is 5.69 Å². The number of nitrogens with one attached hydrogen (secondary N) is 1. The number of aromatic nitrogens is 3. The molecule has 0 unspecified atom stereocenters. The summed E-state index contributed by atoms with van der Waals surface area (Å²) in [6, 6.07) is 10.9. The third-order valence-electron chi connectivity index (χ3n) is 4.93. The Morgan fingerprint density at radius 3 is 2.62 bits per heavy atom. The van der Waals surface area contributed by atoms with E-state index in [0.29, 0.717) is 11.3 Å². The van der Waals surface area contributed by atoms with Gasteiger partial charge in [-0.3, -0.25) is 4.98 Å². The molecule has 2 aromatic heterocycles. The second-order valence-corrected chi connectivity index (χ2v) is 7.58. The van der Waals surface area contributed by atoms with Crippen molar-refractivity contribution in [2.75, 3.05) is 0 Å². The predicted octanol–water partition coefficient (Wildman–Crippen LogP) is 5.37. The maximum Gasteiger partial charge on any atom is 0.132 e. The van der Waals surface area contributed by atoms with Crippen molar-refractivity contribution in [1.82, 2.24) is 15.0 Å². The molecule has 0 radical (unpaired) electrons.